The first-order chi connectivity index (χ1) is 12.3. The van der Waals surface area contributed by atoms with E-state index in [9.17, 15) is 0 Å². The Hall–Kier alpha value is -1.15. The fourth-order valence-corrected chi connectivity index (χ4v) is 3.33. The van der Waals surface area contributed by atoms with Crippen LogP contribution in [0.1, 0.15) is 31.9 Å². The van der Waals surface area contributed by atoms with E-state index in [1.807, 2.05) is 0 Å². The maximum atomic E-state index is 5.47. The molecule has 1 aromatic rings. The van der Waals surface area contributed by atoms with Gasteiger partial charge in [-0.3, -0.25) is 9.89 Å². The third-order valence-electron chi connectivity index (χ3n) is 4.06. The van der Waals surface area contributed by atoms with Crippen molar-refractivity contribution in [3.05, 3.63) is 22.4 Å². The van der Waals surface area contributed by atoms with Crippen LogP contribution >= 0.6 is 11.3 Å². The van der Waals surface area contributed by atoms with Gasteiger partial charge in [-0.1, -0.05) is 13.8 Å². The minimum Gasteiger partial charge on any atom is -0.382 e. The molecule has 1 atom stereocenters. The van der Waals surface area contributed by atoms with Crippen LogP contribution in [0.2, 0.25) is 0 Å². The number of thiophene rings is 1. The molecular formula is C18H34N4O2S. The third-order valence-corrected chi connectivity index (χ3v) is 4.76. The number of guanidine groups is 1. The van der Waals surface area contributed by atoms with Crippen LogP contribution in [-0.4, -0.2) is 71.0 Å². The molecule has 25 heavy (non-hydrogen) atoms. The van der Waals surface area contributed by atoms with E-state index in [0.29, 0.717) is 19.3 Å². The lowest BCUT2D eigenvalue weighted by Crippen LogP contribution is -2.43. The fraction of sp³-hybridized carbons (Fsp3) is 0.722. The smallest absolute Gasteiger partial charge is 0.191 e. The summed E-state index contributed by atoms with van der Waals surface area (Å²) in [4.78, 5) is 6.78. The van der Waals surface area contributed by atoms with E-state index in [4.69, 9.17) is 9.47 Å². The largest absolute Gasteiger partial charge is 0.382 e. The van der Waals surface area contributed by atoms with E-state index >= 15 is 0 Å². The number of rotatable bonds is 13. The highest BCUT2D eigenvalue weighted by Crippen LogP contribution is 2.22. The zero-order chi connectivity index (χ0) is 18.3. The normalized spacial score (nSPS) is 13.2. The average Bonchev–Trinajstić information content (AvgIpc) is 3.16. The molecule has 0 saturated heterocycles. The second kappa shape index (κ2) is 14.1. The first-order valence-corrected chi connectivity index (χ1v) is 9.98. The van der Waals surface area contributed by atoms with Crippen LogP contribution in [-0.2, 0) is 9.47 Å². The summed E-state index contributed by atoms with van der Waals surface area (Å²) in [5.41, 5.74) is 1.36. The van der Waals surface area contributed by atoms with E-state index in [1.165, 1.54) is 5.56 Å². The highest BCUT2D eigenvalue weighted by Gasteiger charge is 2.18. The Morgan fingerprint density at radius 3 is 2.64 bits per heavy atom. The van der Waals surface area contributed by atoms with Gasteiger partial charge in [-0.25, -0.2) is 0 Å². The van der Waals surface area contributed by atoms with E-state index in [2.05, 4.69) is 51.2 Å². The summed E-state index contributed by atoms with van der Waals surface area (Å²) in [6, 6.07) is 2.57. The van der Waals surface area contributed by atoms with Crippen molar-refractivity contribution in [2.75, 3.05) is 60.2 Å². The van der Waals surface area contributed by atoms with Gasteiger partial charge in [0, 0.05) is 33.9 Å². The van der Waals surface area contributed by atoms with Crippen molar-refractivity contribution in [3.8, 4) is 0 Å². The molecule has 2 N–H and O–H groups in total. The van der Waals surface area contributed by atoms with Crippen LogP contribution in [0, 0.1) is 0 Å². The molecular weight excluding hydrogens is 336 g/mol. The summed E-state index contributed by atoms with van der Waals surface area (Å²) >= 11 is 1.75. The Morgan fingerprint density at radius 2 is 2.04 bits per heavy atom. The van der Waals surface area contributed by atoms with Crippen molar-refractivity contribution in [2.45, 2.75) is 26.3 Å². The monoisotopic (exact) mass is 370 g/mol. The van der Waals surface area contributed by atoms with Crippen molar-refractivity contribution in [2.24, 2.45) is 4.99 Å². The number of aliphatic imine (C=N–C) groups is 1. The van der Waals surface area contributed by atoms with Crippen LogP contribution < -0.4 is 10.6 Å². The molecule has 0 aliphatic carbocycles. The molecule has 0 amide bonds. The second-order valence-corrected chi connectivity index (χ2v) is 6.41. The lowest BCUT2D eigenvalue weighted by molar-refractivity contribution is 0.0698. The van der Waals surface area contributed by atoms with Crippen LogP contribution in [0.5, 0.6) is 0 Å². The Morgan fingerprint density at radius 1 is 1.24 bits per heavy atom. The SMILES string of the molecule is CCN(CC)C(CNC(=NC)NCCCOCCOC)c1ccsc1. The number of nitrogens with zero attached hydrogens (tertiary/aromatic N) is 2. The lowest BCUT2D eigenvalue weighted by Gasteiger charge is -2.30. The number of nitrogens with one attached hydrogen (secondary N) is 2. The van der Waals surface area contributed by atoms with Gasteiger partial charge in [0.1, 0.15) is 0 Å². The highest BCUT2D eigenvalue weighted by molar-refractivity contribution is 7.07. The van der Waals surface area contributed by atoms with Gasteiger partial charge in [0.15, 0.2) is 5.96 Å². The molecule has 1 heterocycles. The molecule has 1 rings (SSSR count). The van der Waals surface area contributed by atoms with Gasteiger partial charge in [0.2, 0.25) is 0 Å². The van der Waals surface area contributed by atoms with E-state index in [0.717, 1.165) is 45.2 Å². The molecule has 0 fully saturated rings. The number of ether oxygens (including phenoxy) is 2. The average molecular weight is 371 g/mol. The summed E-state index contributed by atoms with van der Waals surface area (Å²) in [7, 11) is 3.49. The van der Waals surface area contributed by atoms with Crippen LogP contribution in [0.15, 0.2) is 21.8 Å². The Bertz CT molecular complexity index is 450. The Balaban J connectivity index is 2.37. The van der Waals surface area contributed by atoms with Gasteiger partial charge in [-0.05, 0) is 41.9 Å². The first kappa shape index (κ1) is 21.9. The van der Waals surface area contributed by atoms with Gasteiger partial charge < -0.3 is 20.1 Å². The molecule has 1 aromatic heterocycles. The first-order valence-electron chi connectivity index (χ1n) is 9.04. The molecule has 0 aliphatic heterocycles. The van der Waals surface area contributed by atoms with Crippen molar-refractivity contribution in [1.29, 1.82) is 0 Å². The number of likely N-dealkylation sites (N-methyl/N-ethyl adjacent to an activating group) is 1. The maximum absolute atomic E-state index is 5.47. The summed E-state index contributed by atoms with van der Waals surface area (Å²) in [5, 5.41) is 11.2. The predicted octanol–water partition coefficient (Wildman–Crippen LogP) is 2.35. The topological polar surface area (TPSA) is 58.1 Å². The summed E-state index contributed by atoms with van der Waals surface area (Å²) in [5.74, 6) is 0.837. The minimum atomic E-state index is 0.358. The zero-order valence-corrected chi connectivity index (χ0v) is 16.9. The van der Waals surface area contributed by atoms with Gasteiger partial charge >= 0.3 is 0 Å². The molecule has 0 aromatic carbocycles. The minimum absolute atomic E-state index is 0.358. The predicted molar refractivity (Wildman–Crippen MR) is 107 cm³/mol. The van der Waals surface area contributed by atoms with E-state index in [1.54, 1.807) is 25.5 Å². The molecule has 7 heteroatoms. The summed E-state index contributed by atoms with van der Waals surface area (Å²) < 4.78 is 10.4. The standard InChI is InChI=1S/C18H34N4O2S/c1-5-22(6-2)17(16-8-13-25-15-16)14-21-18(19-3)20-9-7-10-24-12-11-23-4/h8,13,15,17H,5-7,9-12,14H2,1-4H3,(H2,19,20,21). The summed E-state index contributed by atoms with van der Waals surface area (Å²) in [6.07, 6.45) is 0.939. The van der Waals surface area contributed by atoms with E-state index < -0.39 is 0 Å². The van der Waals surface area contributed by atoms with Crippen LogP contribution in [0.4, 0.5) is 0 Å². The Kier molecular flexibility index (Phi) is 12.3. The van der Waals surface area contributed by atoms with E-state index in [-0.39, 0.29) is 0 Å². The molecule has 0 bridgehead atoms. The van der Waals surface area contributed by atoms with Gasteiger partial charge in [-0.15, -0.1) is 0 Å². The zero-order valence-electron chi connectivity index (χ0n) is 16.1. The molecule has 0 spiro atoms. The number of hydrogen-bond donors (Lipinski definition) is 2. The molecule has 144 valence electrons. The van der Waals surface area contributed by atoms with Gasteiger partial charge in [0.05, 0.1) is 19.3 Å². The third kappa shape index (κ3) is 8.67. The Labute approximate surface area is 156 Å². The molecule has 1 unspecified atom stereocenters. The number of hydrogen-bond acceptors (Lipinski definition) is 5. The van der Waals surface area contributed by atoms with Gasteiger partial charge in [0.25, 0.3) is 0 Å². The highest BCUT2D eigenvalue weighted by atomic mass is 32.1. The van der Waals surface area contributed by atoms with Gasteiger partial charge in [-0.2, -0.15) is 11.3 Å². The van der Waals surface area contributed by atoms with Crippen molar-refractivity contribution >= 4 is 17.3 Å². The summed E-state index contributed by atoms with van der Waals surface area (Å²) in [6.45, 7) is 10.2. The van der Waals surface area contributed by atoms with Crippen molar-refractivity contribution in [3.63, 3.8) is 0 Å². The van der Waals surface area contributed by atoms with Crippen molar-refractivity contribution < 1.29 is 9.47 Å². The molecule has 0 saturated carbocycles. The lowest BCUT2D eigenvalue weighted by atomic mass is 10.1. The molecule has 6 nitrogen and oxygen atoms in total. The molecule has 0 aliphatic rings. The van der Waals surface area contributed by atoms with Crippen LogP contribution in [0.3, 0.4) is 0 Å². The molecule has 0 radical (unpaired) electrons. The quantitative estimate of drug-likeness (QED) is 0.317. The maximum Gasteiger partial charge on any atom is 0.191 e. The van der Waals surface area contributed by atoms with Crippen LogP contribution in [0.25, 0.3) is 0 Å². The van der Waals surface area contributed by atoms with Crippen molar-refractivity contribution in [1.82, 2.24) is 15.5 Å². The number of methoxy groups -OCH3 is 1. The second-order valence-electron chi connectivity index (χ2n) is 5.63. The fourth-order valence-electron chi connectivity index (χ4n) is 2.63.